The zero-order valence-electron chi connectivity index (χ0n) is 13.0. The van der Waals surface area contributed by atoms with Crippen LogP contribution in [-0.2, 0) is 16.1 Å². The van der Waals surface area contributed by atoms with Crippen molar-refractivity contribution in [2.45, 2.75) is 38.0 Å². The Hall–Kier alpha value is -2.01. The molecular weight excluding hydrogens is 280 g/mol. The van der Waals surface area contributed by atoms with Crippen LogP contribution in [0.15, 0.2) is 30.5 Å². The molecule has 1 N–H and O–H groups in total. The highest BCUT2D eigenvalue weighted by Gasteiger charge is 2.28. The van der Waals surface area contributed by atoms with Crippen LogP contribution in [0.1, 0.15) is 19.3 Å². The van der Waals surface area contributed by atoms with Gasteiger partial charge in [-0.3, -0.25) is 4.79 Å². The summed E-state index contributed by atoms with van der Waals surface area (Å²) in [6.07, 6.45) is 5.21. The molecule has 0 spiro atoms. The number of aromatic nitrogens is 1. The number of ether oxygens (including phenoxy) is 2. The third kappa shape index (κ3) is 2.95. The highest BCUT2D eigenvalue weighted by molar-refractivity contribution is 5.84. The minimum Gasteiger partial charge on any atom is -0.497 e. The standard InChI is InChI=1S/C17H22N2O3/c1-21-13-6-7-15-12(10-13)8-9-19(15)11-17(20)18-14-4-3-5-16(14)22-2/h6-10,14,16H,3-5,11H2,1-2H3,(H,18,20)/t14-,16-/m1/s1. The Morgan fingerprint density at radius 1 is 1.32 bits per heavy atom. The van der Waals surface area contributed by atoms with Crippen LogP contribution in [0.5, 0.6) is 5.75 Å². The van der Waals surface area contributed by atoms with E-state index in [1.54, 1.807) is 14.2 Å². The summed E-state index contributed by atoms with van der Waals surface area (Å²) >= 11 is 0. The molecule has 5 heteroatoms. The Morgan fingerprint density at radius 2 is 2.18 bits per heavy atom. The van der Waals surface area contributed by atoms with Crippen LogP contribution in [-0.4, -0.2) is 36.8 Å². The second-order valence-electron chi connectivity index (χ2n) is 5.75. The number of carbonyl (C=O) groups is 1. The van der Waals surface area contributed by atoms with Gasteiger partial charge >= 0.3 is 0 Å². The number of nitrogens with zero attached hydrogens (tertiary/aromatic N) is 1. The van der Waals surface area contributed by atoms with Crippen LogP contribution in [0.25, 0.3) is 10.9 Å². The summed E-state index contributed by atoms with van der Waals surface area (Å²) in [5, 5.41) is 4.17. The van der Waals surface area contributed by atoms with Gasteiger partial charge in [-0.2, -0.15) is 0 Å². The van der Waals surface area contributed by atoms with Gasteiger partial charge in [0.1, 0.15) is 12.3 Å². The average Bonchev–Trinajstić information content (AvgIpc) is 3.13. The van der Waals surface area contributed by atoms with Gasteiger partial charge in [0, 0.05) is 24.2 Å². The van der Waals surface area contributed by atoms with E-state index < -0.39 is 0 Å². The number of hydrogen-bond acceptors (Lipinski definition) is 3. The molecule has 22 heavy (non-hydrogen) atoms. The lowest BCUT2D eigenvalue weighted by Crippen LogP contribution is -2.42. The third-order valence-electron chi connectivity index (χ3n) is 4.39. The monoisotopic (exact) mass is 302 g/mol. The predicted octanol–water partition coefficient (Wildman–Crippen LogP) is 2.33. The molecule has 0 aliphatic heterocycles. The fourth-order valence-corrected chi connectivity index (χ4v) is 3.22. The van der Waals surface area contributed by atoms with Gasteiger partial charge in [0.2, 0.25) is 5.91 Å². The molecule has 1 heterocycles. The number of fused-ring (bicyclic) bond motifs is 1. The molecule has 1 aromatic carbocycles. The summed E-state index contributed by atoms with van der Waals surface area (Å²) in [4.78, 5) is 12.3. The molecule has 2 atom stereocenters. The molecule has 0 unspecified atom stereocenters. The molecule has 1 amide bonds. The number of methoxy groups -OCH3 is 2. The lowest BCUT2D eigenvalue weighted by molar-refractivity contribution is -0.123. The fraction of sp³-hybridized carbons (Fsp3) is 0.471. The minimum atomic E-state index is 0.0299. The molecule has 0 bridgehead atoms. The van der Waals surface area contributed by atoms with Gasteiger partial charge in [-0.15, -0.1) is 0 Å². The first-order chi connectivity index (χ1) is 10.7. The molecule has 118 valence electrons. The SMILES string of the molecule is COc1ccc2c(ccn2CC(=O)N[C@@H]2CCC[C@H]2OC)c1. The molecular formula is C17H22N2O3. The van der Waals surface area contributed by atoms with Crippen LogP contribution in [0.4, 0.5) is 0 Å². The van der Waals surface area contributed by atoms with Crippen LogP contribution < -0.4 is 10.1 Å². The Labute approximate surface area is 130 Å². The van der Waals surface area contributed by atoms with Crippen LogP contribution in [0, 0.1) is 0 Å². The Bertz CT molecular complexity index is 665. The lowest BCUT2D eigenvalue weighted by atomic mass is 10.2. The molecule has 5 nitrogen and oxygen atoms in total. The maximum atomic E-state index is 12.3. The van der Waals surface area contributed by atoms with Crippen molar-refractivity contribution in [2.24, 2.45) is 0 Å². The van der Waals surface area contributed by atoms with Gasteiger partial charge in [0.25, 0.3) is 0 Å². The summed E-state index contributed by atoms with van der Waals surface area (Å²) in [7, 11) is 3.36. The van der Waals surface area contributed by atoms with Crippen molar-refractivity contribution in [1.29, 1.82) is 0 Å². The number of benzene rings is 1. The van der Waals surface area contributed by atoms with Gasteiger partial charge in [-0.05, 0) is 43.5 Å². The van der Waals surface area contributed by atoms with Gasteiger partial charge in [0.15, 0.2) is 0 Å². The Kier molecular flexibility index (Phi) is 4.34. The summed E-state index contributed by atoms with van der Waals surface area (Å²) in [6, 6.07) is 8.00. The third-order valence-corrected chi connectivity index (χ3v) is 4.39. The van der Waals surface area contributed by atoms with E-state index in [1.807, 2.05) is 35.0 Å². The number of rotatable bonds is 5. The highest BCUT2D eigenvalue weighted by atomic mass is 16.5. The molecule has 1 aromatic heterocycles. The van der Waals surface area contributed by atoms with E-state index in [0.29, 0.717) is 6.54 Å². The zero-order chi connectivity index (χ0) is 15.5. The number of amides is 1. The van der Waals surface area contributed by atoms with E-state index in [1.165, 1.54) is 0 Å². The van der Waals surface area contributed by atoms with Crippen LogP contribution in [0.3, 0.4) is 0 Å². The Morgan fingerprint density at radius 3 is 2.95 bits per heavy atom. The molecule has 2 aromatic rings. The second-order valence-corrected chi connectivity index (χ2v) is 5.75. The number of nitrogens with one attached hydrogen (secondary N) is 1. The molecule has 3 rings (SSSR count). The molecule has 1 saturated carbocycles. The van der Waals surface area contributed by atoms with E-state index in [0.717, 1.165) is 35.9 Å². The van der Waals surface area contributed by atoms with Crippen molar-refractivity contribution in [2.75, 3.05) is 14.2 Å². The molecule has 0 saturated heterocycles. The first kappa shape index (κ1) is 14.9. The summed E-state index contributed by atoms with van der Waals surface area (Å²) in [5.74, 6) is 0.853. The van der Waals surface area contributed by atoms with Crippen molar-refractivity contribution < 1.29 is 14.3 Å². The normalized spacial score (nSPS) is 21.2. The number of hydrogen-bond donors (Lipinski definition) is 1. The van der Waals surface area contributed by atoms with Crippen LogP contribution in [0.2, 0.25) is 0 Å². The topological polar surface area (TPSA) is 52.5 Å². The maximum absolute atomic E-state index is 12.3. The van der Waals surface area contributed by atoms with Gasteiger partial charge in [0.05, 0.1) is 19.3 Å². The van der Waals surface area contributed by atoms with E-state index in [-0.39, 0.29) is 18.1 Å². The van der Waals surface area contributed by atoms with Crippen molar-refractivity contribution in [1.82, 2.24) is 9.88 Å². The Balaban J connectivity index is 1.69. The molecule has 0 radical (unpaired) electrons. The van der Waals surface area contributed by atoms with Crippen LogP contribution >= 0.6 is 0 Å². The molecule has 1 aliphatic rings. The number of carbonyl (C=O) groups excluding carboxylic acids is 1. The average molecular weight is 302 g/mol. The van der Waals surface area contributed by atoms with E-state index in [4.69, 9.17) is 9.47 Å². The van der Waals surface area contributed by atoms with E-state index in [2.05, 4.69) is 5.32 Å². The summed E-state index contributed by atoms with van der Waals surface area (Å²) in [5.41, 5.74) is 1.03. The van der Waals surface area contributed by atoms with E-state index >= 15 is 0 Å². The first-order valence-electron chi connectivity index (χ1n) is 7.66. The summed E-state index contributed by atoms with van der Waals surface area (Å²) < 4.78 is 12.6. The maximum Gasteiger partial charge on any atom is 0.240 e. The van der Waals surface area contributed by atoms with E-state index in [9.17, 15) is 4.79 Å². The summed E-state index contributed by atoms with van der Waals surface area (Å²) in [6.45, 7) is 0.322. The quantitative estimate of drug-likeness (QED) is 0.922. The van der Waals surface area contributed by atoms with Gasteiger partial charge in [-0.1, -0.05) is 0 Å². The second kappa shape index (κ2) is 6.40. The highest BCUT2D eigenvalue weighted by Crippen LogP contribution is 2.23. The fourth-order valence-electron chi connectivity index (χ4n) is 3.22. The first-order valence-corrected chi connectivity index (χ1v) is 7.66. The van der Waals surface area contributed by atoms with Gasteiger partial charge < -0.3 is 19.4 Å². The smallest absolute Gasteiger partial charge is 0.240 e. The van der Waals surface area contributed by atoms with Crippen molar-refractivity contribution in [3.8, 4) is 5.75 Å². The van der Waals surface area contributed by atoms with Crippen molar-refractivity contribution in [3.05, 3.63) is 30.5 Å². The molecule has 1 aliphatic carbocycles. The minimum absolute atomic E-state index is 0.0299. The van der Waals surface area contributed by atoms with Gasteiger partial charge in [-0.25, -0.2) is 0 Å². The zero-order valence-corrected chi connectivity index (χ0v) is 13.0. The largest absolute Gasteiger partial charge is 0.497 e. The lowest BCUT2D eigenvalue weighted by Gasteiger charge is -2.19. The van der Waals surface area contributed by atoms with Crippen molar-refractivity contribution in [3.63, 3.8) is 0 Å². The predicted molar refractivity (Wildman–Crippen MR) is 85.1 cm³/mol. The van der Waals surface area contributed by atoms with Crippen molar-refractivity contribution >= 4 is 16.8 Å². The molecule has 1 fully saturated rings.